The van der Waals surface area contributed by atoms with E-state index in [-0.39, 0.29) is 55.7 Å². The van der Waals surface area contributed by atoms with Crippen molar-refractivity contribution in [2.75, 3.05) is 58.4 Å². The lowest BCUT2D eigenvalue weighted by molar-refractivity contribution is -0.155. The SMILES string of the molecule is C=CC(=O)N1CC[C@H](C(=O)N(C)[C@H](C(=O)N[C@H]2Cc3cc(O)cc(c3)-c3ccc4c(c3)c(c(-c3cccnc3N3CC(OC)C3)n4CC)CC(C)(C)COC(=O)[C@@H]3CCCN(N3)C2=O)C(C)C)C1. The average molecular weight is 931 g/mol. The first-order valence-electron chi connectivity index (χ1n) is 23.9. The summed E-state index contributed by atoms with van der Waals surface area (Å²) in [6, 6.07) is 12.7. The number of pyridine rings is 1. The highest BCUT2D eigenvalue weighted by atomic mass is 16.5. The van der Waals surface area contributed by atoms with E-state index in [0.717, 1.165) is 57.8 Å². The number of methoxy groups -OCH3 is 1. The largest absolute Gasteiger partial charge is 0.508 e. The summed E-state index contributed by atoms with van der Waals surface area (Å²) in [6.45, 7) is 16.7. The van der Waals surface area contributed by atoms with Crippen LogP contribution >= 0.6 is 0 Å². The number of carbonyl (C=O) groups is 5. The molecule has 4 aliphatic heterocycles. The van der Waals surface area contributed by atoms with E-state index < -0.39 is 47.2 Å². The van der Waals surface area contributed by atoms with E-state index >= 15 is 0 Å². The van der Waals surface area contributed by atoms with Gasteiger partial charge < -0.3 is 39.2 Å². The molecule has 362 valence electrons. The third-order valence-electron chi connectivity index (χ3n) is 14.1. The third-order valence-corrected chi connectivity index (χ3v) is 14.1. The molecule has 8 rings (SSSR count). The number of anilines is 1. The van der Waals surface area contributed by atoms with Crippen molar-refractivity contribution in [1.82, 2.24) is 35.1 Å². The van der Waals surface area contributed by atoms with Crippen LogP contribution in [0.4, 0.5) is 5.82 Å². The van der Waals surface area contributed by atoms with Gasteiger partial charge in [0.2, 0.25) is 17.7 Å². The summed E-state index contributed by atoms with van der Waals surface area (Å²) in [5.41, 5.74) is 8.88. The zero-order valence-corrected chi connectivity index (χ0v) is 40.4. The maximum absolute atomic E-state index is 14.7. The second-order valence-electron chi connectivity index (χ2n) is 20.0. The molecule has 4 atom stereocenters. The van der Waals surface area contributed by atoms with Gasteiger partial charge in [0, 0.05) is 87.9 Å². The maximum Gasteiger partial charge on any atom is 0.324 e. The maximum atomic E-state index is 14.7. The fourth-order valence-electron chi connectivity index (χ4n) is 10.5. The molecule has 0 spiro atoms. The number of benzene rings is 2. The summed E-state index contributed by atoms with van der Waals surface area (Å²) in [4.78, 5) is 79.7. The average Bonchev–Trinajstić information content (AvgIpc) is 3.92. The fourth-order valence-corrected chi connectivity index (χ4v) is 10.5. The fraction of sp³-hybridized carbons (Fsp3) is 0.500. The van der Waals surface area contributed by atoms with Crippen molar-refractivity contribution in [2.45, 2.75) is 97.5 Å². The molecule has 4 amide bonds. The summed E-state index contributed by atoms with van der Waals surface area (Å²) in [5, 5.41) is 16.8. The number of likely N-dealkylation sites (N-methyl/N-ethyl adjacent to an activating group) is 1. The van der Waals surface area contributed by atoms with Crippen molar-refractivity contribution in [1.29, 1.82) is 0 Å². The van der Waals surface area contributed by atoms with Crippen LogP contribution in [-0.4, -0.2) is 137 Å². The van der Waals surface area contributed by atoms with Gasteiger partial charge in [0.15, 0.2) is 0 Å². The van der Waals surface area contributed by atoms with Crippen LogP contribution in [0.1, 0.15) is 65.0 Å². The lowest BCUT2D eigenvalue weighted by Gasteiger charge is -2.40. The molecular weight excluding hydrogens is 865 g/mol. The molecule has 0 radical (unpaired) electrons. The molecule has 4 aromatic rings. The molecule has 3 saturated heterocycles. The lowest BCUT2D eigenvalue weighted by Crippen LogP contribution is -2.62. The Balaban J connectivity index is 1.19. The van der Waals surface area contributed by atoms with E-state index in [1.54, 1.807) is 31.2 Å². The van der Waals surface area contributed by atoms with Crippen molar-refractivity contribution in [3.05, 3.63) is 78.5 Å². The number of hydrazine groups is 1. The summed E-state index contributed by atoms with van der Waals surface area (Å²) in [6.07, 6.45) is 5.13. The van der Waals surface area contributed by atoms with Crippen LogP contribution < -0.4 is 15.6 Å². The molecule has 4 aliphatic rings. The van der Waals surface area contributed by atoms with Crippen LogP contribution in [-0.2, 0) is 52.8 Å². The number of aryl methyl sites for hydroxylation is 1. The van der Waals surface area contributed by atoms with Gasteiger partial charge in [-0.2, -0.15) is 0 Å². The number of nitrogens with one attached hydrogen (secondary N) is 2. The molecule has 2 aromatic carbocycles. The first-order valence-corrected chi connectivity index (χ1v) is 23.9. The minimum atomic E-state index is -1.16. The molecule has 16 nitrogen and oxygen atoms in total. The monoisotopic (exact) mass is 931 g/mol. The number of phenols is 1. The van der Waals surface area contributed by atoms with Crippen molar-refractivity contribution in [3.63, 3.8) is 0 Å². The van der Waals surface area contributed by atoms with Gasteiger partial charge in [-0.05, 0) is 103 Å². The van der Waals surface area contributed by atoms with E-state index in [0.29, 0.717) is 44.3 Å². The van der Waals surface area contributed by atoms with Crippen LogP contribution in [0, 0.1) is 17.3 Å². The Hall–Kier alpha value is -6.26. The van der Waals surface area contributed by atoms with Crippen molar-refractivity contribution in [2.24, 2.45) is 17.3 Å². The molecule has 2 aromatic heterocycles. The quantitative estimate of drug-likeness (QED) is 0.143. The van der Waals surface area contributed by atoms with Gasteiger partial charge in [-0.25, -0.2) is 10.4 Å². The van der Waals surface area contributed by atoms with Gasteiger partial charge in [-0.1, -0.05) is 46.4 Å². The molecule has 3 N–H and O–H groups in total. The second-order valence-corrected chi connectivity index (χ2v) is 20.0. The predicted molar refractivity (Wildman–Crippen MR) is 259 cm³/mol. The number of esters is 1. The number of ether oxygens (including phenoxy) is 2. The summed E-state index contributed by atoms with van der Waals surface area (Å²) >= 11 is 0. The number of likely N-dealkylation sites (tertiary alicyclic amines) is 1. The molecule has 0 aliphatic carbocycles. The van der Waals surface area contributed by atoms with Crippen molar-refractivity contribution in [3.8, 4) is 28.1 Å². The highest BCUT2D eigenvalue weighted by molar-refractivity contribution is 5.97. The van der Waals surface area contributed by atoms with Crippen molar-refractivity contribution >= 4 is 46.3 Å². The number of carbonyl (C=O) groups excluding carboxylic acids is 5. The standard InChI is InChI=1S/C52H66N8O8/c1-9-44(62)57-20-17-34(27-57)49(64)56(7)45(31(3)4)48(63)54-42-23-32-21-35(24-36(61)22-32)33-15-16-43-39(25-33)40(26-52(5,6)30-68-51(66)41-14-12-19-60(55-41)50(42)65)46(59(43)10-2)38-13-11-18-53-47(38)58-28-37(29-58)67-8/h9,11,13,15-16,18,21-22,24-25,31,34,37,41-42,45,55,61H,1,10,12,14,17,19-20,23,26-30H2,2-8H3,(H,54,63)/t34-,41-,42-,45-/m0/s1. The zero-order valence-electron chi connectivity index (χ0n) is 40.4. The number of nitrogens with zero attached hydrogens (tertiary/aromatic N) is 6. The zero-order chi connectivity index (χ0) is 48.6. The summed E-state index contributed by atoms with van der Waals surface area (Å²) in [7, 11) is 3.31. The normalized spacial score (nSPS) is 21.5. The van der Waals surface area contributed by atoms with Gasteiger partial charge in [-0.3, -0.25) is 29.0 Å². The van der Waals surface area contributed by atoms with Crippen LogP contribution in [0.2, 0.25) is 0 Å². The van der Waals surface area contributed by atoms with E-state index in [9.17, 15) is 29.1 Å². The Morgan fingerprint density at radius 3 is 2.57 bits per heavy atom. The highest BCUT2D eigenvalue weighted by Crippen LogP contribution is 2.43. The van der Waals surface area contributed by atoms with Crippen LogP contribution in [0.3, 0.4) is 0 Å². The number of cyclic esters (lactones) is 1. The molecule has 0 saturated carbocycles. The number of aromatic hydroxyl groups is 1. The Bertz CT molecular complexity index is 2600. The number of phenolic OH excluding ortho intramolecular Hbond substituents is 1. The van der Waals surface area contributed by atoms with E-state index in [1.165, 1.54) is 16.0 Å². The number of aromatic nitrogens is 2. The van der Waals surface area contributed by atoms with Crippen LogP contribution in [0.5, 0.6) is 5.75 Å². The molecule has 6 heterocycles. The molecule has 3 fully saturated rings. The first-order chi connectivity index (χ1) is 32.5. The molecule has 6 bridgehead atoms. The second kappa shape index (κ2) is 19.8. The summed E-state index contributed by atoms with van der Waals surface area (Å²) in [5.74, 6) is -1.97. The third kappa shape index (κ3) is 9.70. The van der Waals surface area contributed by atoms with Crippen molar-refractivity contribution < 1.29 is 38.6 Å². The summed E-state index contributed by atoms with van der Waals surface area (Å²) < 4.78 is 14.1. The minimum Gasteiger partial charge on any atom is -0.508 e. The Morgan fingerprint density at radius 2 is 1.85 bits per heavy atom. The van der Waals surface area contributed by atoms with Crippen LogP contribution in [0.25, 0.3) is 33.3 Å². The predicted octanol–water partition coefficient (Wildman–Crippen LogP) is 5.10. The number of hydrogen-bond acceptors (Lipinski definition) is 11. The number of hydrogen-bond donors (Lipinski definition) is 3. The van der Waals surface area contributed by atoms with Gasteiger partial charge in [0.1, 0.15) is 29.7 Å². The number of fused-ring (bicyclic) bond motifs is 6. The Labute approximate surface area is 398 Å². The highest BCUT2D eigenvalue weighted by Gasteiger charge is 2.40. The smallest absolute Gasteiger partial charge is 0.324 e. The number of amides is 4. The minimum absolute atomic E-state index is 0.00792. The molecular formula is C52H66N8O8. The first kappa shape index (κ1) is 48.2. The molecule has 16 heteroatoms. The van der Waals surface area contributed by atoms with E-state index in [4.69, 9.17) is 14.5 Å². The van der Waals surface area contributed by atoms with Crippen LogP contribution in [0.15, 0.2) is 67.4 Å². The topological polar surface area (TPSA) is 179 Å². The van der Waals surface area contributed by atoms with Gasteiger partial charge in [-0.15, -0.1) is 0 Å². The number of rotatable bonds is 10. The van der Waals surface area contributed by atoms with Gasteiger partial charge >= 0.3 is 5.97 Å². The lowest BCUT2D eigenvalue weighted by atomic mass is 9.84. The van der Waals surface area contributed by atoms with Gasteiger partial charge in [0.05, 0.1) is 24.3 Å². The van der Waals surface area contributed by atoms with E-state index in [2.05, 4.69) is 65.8 Å². The molecule has 0 unspecified atom stereocenters. The Morgan fingerprint density at radius 1 is 1.07 bits per heavy atom. The van der Waals surface area contributed by atoms with E-state index in [1.807, 2.05) is 38.2 Å². The van der Waals surface area contributed by atoms with Gasteiger partial charge in [0.25, 0.3) is 5.91 Å². The molecule has 68 heavy (non-hydrogen) atoms. The Kier molecular flexibility index (Phi) is 14.0.